The van der Waals surface area contributed by atoms with Crippen molar-refractivity contribution < 1.29 is 4.79 Å². The molecule has 5 aromatic rings. The van der Waals surface area contributed by atoms with Gasteiger partial charge in [-0.1, -0.05) is 66.7 Å². The van der Waals surface area contributed by atoms with Crippen LogP contribution in [0.3, 0.4) is 0 Å². The van der Waals surface area contributed by atoms with Crippen LogP contribution in [0.1, 0.15) is 0 Å². The van der Waals surface area contributed by atoms with Crippen molar-refractivity contribution in [3.05, 3.63) is 85.2 Å². The normalized spacial score (nSPS) is 11.0. The maximum absolute atomic E-state index is 12.8. The van der Waals surface area contributed by atoms with E-state index in [1.807, 2.05) is 72.6 Å². The Balaban J connectivity index is 1.39. The molecule has 0 atom stereocenters. The topological polar surface area (TPSA) is 58.1 Å². The average Bonchev–Trinajstić information content (AvgIpc) is 3.24. The Morgan fingerprint density at radius 3 is 2.58 bits per heavy atom. The minimum atomic E-state index is -0.0934. The monoisotopic (exact) mass is 424 g/mol. The fourth-order valence-corrected chi connectivity index (χ4v) is 4.71. The van der Waals surface area contributed by atoms with Crippen molar-refractivity contribution in [2.45, 2.75) is 0 Å². The first-order valence-electron chi connectivity index (χ1n) is 9.98. The van der Waals surface area contributed by atoms with Crippen LogP contribution in [0.4, 0.5) is 11.5 Å². The Kier molecular flexibility index (Phi) is 5.06. The molecule has 152 valence electrons. The van der Waals surface area contributed by atoms with Gasteiger partial charge in [-0.25, -0.2) is 9.97 Å². The Labute approximate surface area is 184 Å². The summed E-state index contributed by atoms with van der Waals surface area (Å²) in [5.74, 6) is 0.653. The van der Waals surface area contributed by atoms with E-state index < -0.39 is 0 Å². The second-order valence-electron chi connectivity index (χ2n) is 7.32. The molecular formula is C25H20N4OS. The summed E-state index contributed by atoms with van der Waals surface area (Å²) in [6, 6.07) is 26.2. The predicted octanol–water partition coefficient (Wildman–Crippen LogP) is 5.59. The molecule has 31 heavy (non-hydrogen) atoms. The van der Waals surface area contributed by atoms with E-state index in [0.29, 0.717) is 0 Å². The van der Waals surface area contributed by atoms with Gasteiger partial charge in [0.05, 0.1) is 11.9 Å². The van der Waals surface area contributed by atoms with E-state index >= 15 is 0 Å². The predicted molar refractivity (Wildman–Crippen MR) is 129 cm³/mol. The number of amides is 1. The average molecular weight is 425 g/mol. The van der Waals surface area contributed by atoms with Gasteiger partial charge in [0.25, 0.3) is 0 Å². The summed E-state index contributed by atoms with van der Waals surface area (Å²) in [6.45, 7) is 0.186. The molecular weight excluding hydrogens is 404 g/mol. The molecule has 0 radical (unpaired) electrons. The zero-order chi connectivity index (χ0) is 21.2. The highest BCUT2D eigenvalue weighted by Gasteiger charge is 2.16. The summed E-state index contributed by atoms with van der Waals surface area (Å²) in [7, 11) is 1.88. The number of hydrogen-bond donors (Lipinski definition) is 1. The zero-order valence-electron chi connectivity index (χ0n) is 16.9. The smallest absolute Gasteiger partial charge is 0.243 e. The summed E-state index contributed by atoms with van der Waals surface area (Å²) in [4.78, 5) is 25.6. The molecule has 1 amide bonds. The third-order valence-corrected chi connectivity index (χ3v) is 6.26. The number of nitrogens with zero attached hydrogens (tertiary/aromatic N) is 3. The molecule has 0 aliphatic heterocycles. The lowest BCUT2D eigenvalue weighted by Gasteiger charge is -2.18. The van der Waals surface area contributed by atoms with Gasteiger partial charge >= 0.3 is 0 Å². The summed E-state index contributed by atoms with van der Waals surface area (Å²) in [5, 5.41) is 6.11. The Hall–Kier alpha value is -3.77. The van der Waals surface area contributed by atoms with Crippen molar-refractivity contribution in [3.63, 3.8) is 0 Å². The summed E-state index contributed by atoms with van der Waals surface area (Å²) < 4.78 is 0. The maximum atomic E-state index is 12.8. The van der Waals surface area contributed by atoms with Gasteiger partial charge in [-0.3, -0.25) is 4.79 Å². The number of likely N-dealkylation sites (N-methyl/N-ethyl adjacent to an activating group) is 1. The van der Waals surface area contributed by atoms with Crippen molar-refractivity contribution in [1.82, 2.24) is 9.97 Å². The van der Waals surface area contributed by atoms with E-state index in [9.17, 15) is 4.79 Å². The van der Waals surface area contributed by atoms with E-state index in [-0.39, 0.29) is 12.5 Å². The number of benzene rings is 3. The van der Waals surface area contributed by atoms with E-state index in [1.165, 1.54) is 0 Å². The lowest BCUT2D eigenvalue weighted by atomic mass is 10.1. The van der Waals surface area contributed by atoms with Gasteiger partial charge in [0.15, 0.2) is 0 Å². The summed E-state index contributed by atoms with van der Waals surface area (Å²) in [5.41, 5.74) is 1.96. The molecule has 2 heterocycles. The van der Waals surface area contributed by atoms with Crippen molar-refractivity contribution in [3.8, 4) is 10.4 Å². The minimum absolute atomic E-state index is 0.0934. The largest absolute Gasteiger partial charge is 0.350 e. The highest BCUT2D eigenvalue weighted by atomic mass is 32.1. The molecule has 0 aliphatic carbocycles. The SMILES string of the molecule is CN(CC(=O)Nc1cccc2ccccc12)c1ncnc2sc(-c3ccccc3)cc12. The number of hydrogen-bond acceptors (Lipinski definition) is 5. The van der Waals surface area contributed by atoms with Gasteiger partial charge in [0, 0.05) is 23.0 Å². The van der Waals surface area contributed by atoms with Crippen LogP contribution in [0.25, 0.3) is 31.4 Å². The fraction of sp³-hybridized carbons (Fsp3) is 0.0800. The van der Waals surface area contributed by atoms with Gasteiger partial charge < -0.3 is 10.2 Å². The number of rotatable bonds is 5. The van der Waals surface area contributed by atoms with Crippen LogP contribution in [0.5, 0.6) is 0 Å². The number of carbonyl (C=O) groups is 1. The van der Waals surface area contributed by atoms with Crippen LogP contribution >= 0.6 is 11.3 Å². The van der Waals surface area contributed by atoms with Crippen molar-refractivity contribution in [2.24, 2.45) is 0 Å². The molecule has 0 saturated heterocycles. The molecule has 3 aromatic carbocycles. The first-order chi connectivity index (χ1) is 15.2. The maximum Gasteiger partial charge on any atom is 0.243 e. The molecule has 2 aromatic heterocycles. The van der Waals surface area contributed by atoms with E-state index in [4.69, 9.17) is 0 Å². The standard InChI is InChI=1S/C25H20N4OS/c1-29(15-23(30)28-21-13-7-11-17-8-5-6-12-19(17)21)24-20-14-22(18-9-3-2-4-10-18)31-25(20)27-16-26-24/h2-14,16H,15H2,1H3,(H,28,30). The number of anilines is 2. The highest BCUT2D eigenvalue weighted by Crippen LogP contribution is 2.35. The molecule has 5 rings (SSSR count). The number of thiophene rings is 1. The van der Waals surface area contributed by atoms with Crippen LogP contribution in [0.2, 0.25) is 0 Å². The van der Waals surface area contributed by atoms with Crippen molar-refractivity contribution in [2.75, 3.05) is 23.8 Å². The third-order valence-electron chi connectivity index (χ3n) is 5.17. The van der Waals surface area contributed by atoms with Gasteiger partial charge in [-0.05, 0) is 23.1 Å². The summed E-state index contributed by atoms with van der Waals surface area (Å²) in [6.07, 6.45) is 1.56. The Morgan fingerprint density at radius 2 is 1.71 bits per heavy atom. The van der Waals surface area contributed by atoms with E-state index in [0.717, 1.165) is 42.9 Å². The van der Waals surface area contributed by atoms with Crippen LogP contribution in [-0.2, 0) is 4.79 Å². The third kappa shape index (κ3) is 3.85. The van der Waals surface area contributed by atoms with Crippen LogP contribution in [0.15, 0.2) is 85.2 Å². The Bertz CT molecular complexity index is 1380. The second kappa shape index (κ2) is 8.16. The first-order valence-corrected chi connectivity index (χ1v) is 10.8. The van der Waals surface area contributed by atoms with E-state index in [1.54, 1.807) is 17.7 Å². The van der Waals surface area contributed by atoms with Crippen molar-refractivity contribution in [1.29, 1.82) is 0 Å². The van der Waals surface area contributed by atoms with Gasteiger partial charge in [-0.2, -0.15) is 0 Å². The lowest BCUT2D eigenvalue weighted by Crippen LogP contribution is -2.30. The van der Waals surface area contributed by atoms with Crippen molar-refractivity contribution >= 4 is 49.7 Å². The summed E-state index contributed by atoms with van der Waals surface area (Å²) >= 11 is 1.63. The molecule has 0 bridgehead atoms. The highest BCUT2D eigenvalue weighted by molar-refractivity contribution is 7.21. The number of aromatic nitrogens is 2. The Morgan fingerprint density at radius 1 is 0.935 bits per heavy atom. The molecule has 0 fully saturated rings. The molecule has 6 heteroatoms. The zero-order valence-corrected chi connectivity index (χ0v) is 17.8. The van der Waals surface area contributed by atoms with Gasteiger partial charge in [-0.15, -0.1) is 11.3 Å². The van der Waals surface area contributed by atoms with Gasteiger partial charge in [0.1, 0.15) is 17.0 Å². The molecule has 0 saturated carbocycles. The number of carbonyl (C=O) groups excluding carboxylic acids is 1. The van der Waals surface area contributed by atoms with E-state index in [2.05, 4.69) is 33.5 Å². The fourth-order valence-electron chi connectivity index (χ4n) is 3.71. The van der Waals surface area contributed by atoms with Gasteiger partial charge in [0.2, 0.25) is 5.91 Å². The number of fused-ring (bicyclic) bond motifs is 2. The minimum Gasteiger partial charge on any atom is -0.350 e. The van der Waals surface area contributed by atoms with Crippen LogP contribution in [0, 0.1) is 0 Å². The lowest BCUT2D eigenvalue weighted by molar-refractivity contribution is -0.114. The van der Waals surface area contributed by atoms with Crippen LogP contribution in [-0.4, -0.2) is 29.5 Å². The number of nitrogens with one attached hydrogen (secondary N) is 1. The molecule has 0 aliphatic rings. The van der Waals surface area contributed by atoms with Crippen LogP contribution < -0.4 is 10.2 Å². The molecule has 0 unspecified atom stereocenters. The quantitative estimate of drug-likeness (QED) is 0.400. The molecule has 1 N–H and O–H groups in total. The second-order valence-corrected chi connectivity index (χ2v) is 8.35. The first kappa shape index (κ1) is 19.2. The molecule has 5 nitrogen and oxygen atoms in total. The molecule has 0 spiro atoms.